The van der Waals surface area contributed by atoms with Crippen molar-refractivity contribution in [2.24, 2.45) is 0 Å². The maximum absolute atomic E-state index is 12.5. The fourth-order valence-electron chi connectivity index (χ4n) is 2.00. The highest BCUT2D eigenvalue weighted by atomic mass is 32.1. The third-order valence-electron chi connectivity index (χ3n) is 3.15. The molecule has 0 aliphatic rings. The van der Waals surface area contributed by atoms with Crippen LogP contribution in [0.5, 0.6) is 5.75 Å². The summed E-state index contributed by atoms with van der Waals surface area (Å²) in [5.74, 6) is -0.242. The van der Waals surface area contributed by atoms with Crippen LogP contribution in [0.2, 0.25) is 0 Å². The predicted octanol–water partition coefficient (Wildman–Crippen LogP) is 1.24. The number of aliphatic carboxylic acids is 1. The number of carboxylic acid groups (broad SMARTS) is 1. The average molecular weight is 332 g/mol. The fraction of sp³-hybridized carbons (Fsp3) is 0.214. The van der Waals surface area contributed by atoms with E-state index in [9.17, 15) is 9.59 Å². The first kappa shape index (κ1) is 15.1. The zero-order chi connectivity index (χ0) is 16.4. The minimum Gasteiger partial charge on any atom is -0.497 e. The molecule has 0 aliphatic carbocycles. The number of methoxy groups -OCH3 is 1. The van der Waals surface area contributed by atoms with Crippen LogP contribution >= 0.6 is 11.3 Å². The Morgan fingerprint density at radius 2 is 2.04 bits per heavy atom. The Balaban J connectivity index is 2.00. The number of fused-ring (bicyclic) bond motifs is 1. The molecular weight excluding hydrogens is 320 g/mol. The smallest absolute Gasteiger partial charge is 0.303 e. The first-order chi connectivity index (χ1) is 11.1. The monoisotopic (exact) mass is 332 g/mol. The molecule has 0 atom stereocenters. The topological polar surface area (TPSA) is 107 Å². The van der Waals surface area contributed by atoms with E-state index < -0.39 is 11.5 Å². The first-order valence-electron chi connectivity index (χ1n) is 6.70. The van der Waals surface area contributed by atoms with Gasteiger partial charge in [0.15, 0.2) is 5.69 Å². The van der Waals surface area contributed by atoms with Crippen molar-refractivity contribution in [1.82, 2.24) is 19.8 Å². The van der Waals surface area contributed by atoms with Crippen LogP contribution in [0, 0.1) is 0 Å². The van der Waals surface area contributed by atoms with Gasteiger partial charge in [-0.05, 0) is 24.3 Å². The summed E-state index contributed by atoms with van der Waals surface area (Å²) in [7, 11) is 1.56. The van der Waals surface area contributed by atoms with E-state index in [4.69, 9.17) is 9.84 Å². The molecule has 0 saturated heterocycles. The van der Waals surface area contributed by atoms with Gasteiger partial charge in [0.1, 0.15) is 10.8 Å². The summed E-state index contributed by atoms with van der Waals surface area (Å²) in [6.07, 6.45) is 0.202. The summed E-state index contributed by atoms with van der Waals surface area (Å²) in [5.41, 5.74) is 0.399. The first-order valence-corrected chi connectivity index (χ1v) is 7.52. The van der Waals surface area contributed by atoms with Gasteiger partial charge in [0.2, 0.25) is 4.96 Å². The highest BCUT2D eigenvalue weighted by Gasteiger charge is 2.14. The van der Waals surface area contributed by atoms with Gasteiger partial charge in [0.25, 0.3) is 0 Å². The van der Waals surface area contributed by atoms with Gasteiger partial charge in [0, 0.05) is 12.0 Å². The summed E-state index contributed by atoms with van der Waals surface area (Å²) in [6, 6.07) is 6.89. The lowest BCUT2D eigenvalue weighted by Gasteiger charge is -2.01. The number of benzene rings is 1. The number of hydrogen-bond donors (Lipinski definition) is 1. The lowest BCUT2D eigenvalue weighted by Crippen LogP contribution is -2.19. The van der Waals surface area contributed by atoms with Crippen LogP contribution in [0.1, 0.15) is 11.4 Å². The van der Waals surface area contributed by atoms with Crippen LogP contribution in [-0.4, -0.2) is 38.0 Å². The van der Waals surface area contributed by atoms with E-state index in [-0.39, 0.29) is 18.5 Å². The van der Waals surface area contributed by atoms with E-state index in [0.717, 1.165) is 15.9 Å². The summed E-state index contributed by atoms with van der Waals surface area (Å²) < 4.78 is 6.24. The Kier molecular flexibility index (Phi) is 4.02. The molecule has 3 aromatic rings. The Morgan fingerprint density at radius 1 is 1.30 bits per heavy atom. The molecule has 0 aliphatic heterocycles. The average Bonchev–Trinajstić information content (AvgIpc) is 2.98. The molecule has 9 heteroatoms. The lowest BCUT2D eigenvalue weighted by molar-refractivity contribution is -0.136. The van der Waals surface area contributed by atoms with Gasteiger partial charge in [-0.15, -0.1) is 10.2 Å². The van der Waals surface area contributed by atoms with Crippen molar-refractivity contribution >= 4 is 22.3 Å². The van der Waals surface area contributed by atoms with E-state index in [1.807, 2.05) is 0 Å². The van der Waals surface area contributed by atoms with Gasteiger partial charge in [-0.2, -0.15) is 9.61 Å². The van der Waals surface area contributed by atoms with Crippen molar-refractivity contribution in [2.75, 3.05) is 7.11 Å². The molecule has 0 unspecified atom stereocenters. The Morgan fingerprint density at radius 3 is 2.70 bits per heavy atom. The van der Waals surface area contributed by atoms with Crippen molar-refractivity contribution in [3.8, 4) is 17.0 Å². The normalized spacial score (nSPS) is 10.8. The molecule has 8 nitrogen and oxygen atoms in total. The molecule has 0 fully saturated rings. The Hall–Kier alpha value is -2.81. The van der Waals surface area contributed by atoms with E-state index in [1.54, 1.807) is 31.4 Å². The van der Waals surface area contributed by atoms with Crippen molar-refractivity contribution in [3.05, 3.63) is 39.6 Å². The van der Waals surface area contributed by atoms with E-state index in [2.05, 4.69) is 15.3 Å². The Bertz CT molecular complexity index is 917. The van der Waals surface area contributed by atoms with Crippen molar-refractivity contribution in [2.45, 2.75) is 12.8 Å². The molecule has 1 aromatic carbocycles. The van der Waals surface area contributed by atoms with Crippen molar-refractivity contribution in [1.29, 1.82) is 0 Å². The van der Waals surface area contributed by atoms with Crippen LogP contribution in [0.4, 0.5) is 0 Å². The third-order valence-corrected chi connectivity index (χ3v) is 4.11. The number of ether oxygens (including phenoxy) is 1. The molecule has 0 bridgehead atoms. The summed E-state index contributed by atoms with van der Waals surface area (Å²) in [6.45, 7) is 0. The maximum Gasteiger partial charge on any atom is 0.303 e. The lowest BCUT2D eigenvalue weighted by atomic mass is 10.1. The zero-order valence-corrected chi connectivity index (χ0v) is 12.9. The number of carbonyl (C=O) groups is 1. The van der Waals surface area contributed by atoms with Crippen molar-refractivity contribution < 1.29 is 14.6 Å². The standard InChI is InChI=1S/C14H12N4O4S/c1-22-9-4-2-8(3-5-9)12-13(21)18-14(16-15-12)23-10(17-18)6-7-11(19)20/h2-5H,6-7H2,1H3,(H,19,20). The van der Waals surface area contributed by atoms with Gasteiger partial charge in [-0.25, -0.2) is 0 Å². The molecule has 2 heterocycles. The summed E-state index contributed by atoms with van der Waals surface area (Å²) in [5, 5.41) is 21.3. The van der Waals surface area contributed by atoms with Gasteiger partial charge in [0.05, 0.1) is 13.5 Å². The summed E-state index contributed by atoms with van der Waals surface area (Å²) >= 11 is 1.16. The van der Waals surface area contributed by atoms with Crippen molar-refractivity contribution in [3.63, 3.8) is 0 Å². The third kappa shape index (κ3) is 3.04. The number of aromatic nitrogens is 4. The van der Waals surface area contributed by atoms with Gasteiger partial charge in [-0.1, -0.05) is 11.3 Å². The minimum atomic E-state index is -0.915. The van der Waals surface area contributed by atoms with Crippen LogP contribution in [0.15, 0.2) is 29.1 Å². The second-order valence-corrected chi connectivity index (χ2v) is 5.71. The SMILES string of the molecule is COc1ccc(-c2nnc3sc(CCC(=O)O)nn3c2=O)cc1. The largest absolute Gasteiger partial charge is 0.497 e. The van der Waals surface area contributed by atoms with E-state index in [1.165, 1.54) is 0 Å². The maximum atomic E-state index is 12.5. The number of carboxylic acids is 1. The zero-order valence-electron chi connectivity index (χ0n) is 12.1. The van der Waals surface area contributed by atoms with Crippen LogP contribution < -0.4 is 10.3 Å². The molecule has 118 valence electrons. The molecule has 0 saturated carbocycles. The highest BCUT2D eigenvalue weighted by Crippen LogP contribution is 2.19. The number of hydrogen-bond acceptors (Lipinski definition) is 7. The molecule has 0 spiro atoms. The molecule has 0 amide bonds. The van der Waals surface area contributed by atoms with Gasteiger partial charge in [-0.3, -0.25) is 9.59 Å². The number of nitrogens with zero attached hydrogens (tertiary/aromatic N) is 4. The molecule has 0 radical (unpaired) electrons. The number of rotatable bonds is 5. The Labute approximate surface area is 134 Å². The second-order valence-electron chi connectivity index (χ2n) is 4.67. The van der Waals surface area contributed by atoms with E-state index >= 15 is 0 Å². The van der Waals surface area contributed by atoms with Gasteiger partial charge < -0.3 is 9.84 Å². The molecular formula is C14H12N4O4S. The van der Waals surface area contributed by atoms with E-state index in [0.29, 0.717) is 21.3 Å². The fourth-order valence-corrected chi connectivity index (χ4v) is 2.83. The van der Waals surface area contributed by atoms with Gasteiger partial charge >= 0.3 is 11.5 Å². The molecule has 3 rings (SSSR count). The predicted molar refractivity (Wildman–Crippen MR) is 82.9 cm³/mol. The molecule has 2 aromatic heterocycles. The quantitative estimate of drug-likeness (QED) is 0.749. The molecule has 23 heavy (non-hydrogen) atoms. The summed E-state index contributed by atoms with van der Waals surface area (Å²) in [4.78, 5) is 23.4. The van der Waals surface area contributed by atoms with Crippen LogP contribution in [-0.2, 0) is 11.2 Å². The number of aryl methyl sites for hydroxylation is 1. The highest BCUT2D eigenvalue weighted by molar-refractivity contribution is 7.16. The van der Waals surface area contributed by atoms with Crippen LogP contribution in [0.3, 0.4) is 0 Å². The minimum absolute atomic E-state index is 0.0483. The van der Waals surface area contributed by atoms with Crippen LogP contribution in [0.25, 0.3) is 16.2 Å². The second kappa shape index (κ2) is 6.13. The molecule has 1 N–H and O–H groups in total.